The van der Waals surface area contributed by atoms with Crippen molar-refractivity contribution in [3.05, 3.63) is 24.2 Å². The van der Waals surface area contributed by atoms with E-state index in [1.54, 1.807) is 6.20 Å². The standard InChI is InChI=1S/C11H16N4/c1-8(2)15-10(5-6-12)14-9-4-3-7-13-11(9)15/h3-4,7-8H,5-6,12H2,1-2H3. The second kappa shape index (κ2) is 3.98. The first-order valence-corrected chi connectivity index (χ1v) is 5.26. The number of rotatable bonds is 3. The average Bonchev–Trinajstić information content (AvgIpc) is 2.56. The highest BCUT2D eigenvalue weighted by Crippen LogP contribution is 2.18. The molecule has 0 aromatic carbocycles. The highest BCUT2D eigenvalue weighted by atomic mass is 15.1. The van der Waals surface area contributed by atoms with Crippen molar-refractivity contribution in [2.45, 2.75) is 26.3 Å². The first-order valence-electron chi connectivity index (χ1n) is 5.26. The highest BCUT2D eigenvalue weighted by Gasteiger charge is 2.12. The van der Waals surface area contributed by atoms with Crippen LogP contribution in [0.4, 0.5) is 0 Å². The molecule has 4 heteroatoms. The van der Waals surface area contributed by atoms with Crippen LogP contribution in [0.5, 0.6) is 0 Å². The third-order valence-corrected chi connectivity index (χ3v) is 2.41. The lowest BCUT2D eigenvalue weighted by Gasteiger charge is -2.11. The van der Waals surface area contributed by atoms with Crippen molar-refractivity contribution in [1.82, 2.24) is 14.5 Å². The smallest absolute Gasteiger partial charge is 0.160 e. The third-order valence-electron chi connectivity index (χ3n) is 2.41. The zero-order valence-electron chi connectivity index (χ0n) is 9.14. The predicted octanol–water partition coefficient (Wildman–Crippen LogP) is 1.51. The van der Waals surface area contributed by atoms with Crippen LogP contribution in [0, 0.1) is 0 Å². The number of fused-ring (bicyclic) bond motifs is 1. The maximum absolute atomic E-state index is 5.58. The molecule has 15 heavy (non-hydrogen) atoms. The van der Waals surface area contributed by atoms with E-state index in [2.05, 4.69) is 28.4 Å². The summed E-state index contributed by atoms with van der Waals surface area (Å²) in [5.41, 5.74) is 7.49. The second-order valence-electron chi connectivity index (χ2n) is 3.88. The molecule has 0 saturated heterocycles. The number of nitrogens with two attached hydrogens (primary N) is 1. The molecular weight excluding hydrogens is 188 g/mol. The van der Waals surface area contributed by atoms with Gasteiger partial charge in [0.25, 0.3) is 0 Å². The maximum Gasteiger partial charge on any atom is 0.160 e. The Morgan fingerprint density at radius 2 is 2.27 bits per heavy atom. The van der Waals surface area contributed by atoms with Gasteiger partial charge < -0.3 is 10.3 Å². The van der Waals surface area contributed by atoms with Gasteiger partial charge in [0.1, 0.15) is 11.3 Å². The van der Waals surface area contributed by atoms with E-state index < -0.39 is 0 Å². The van der Waals surface area contributed by atoms with Gasteiger partial charge in [0.05, 0.1) is 0 Å². The van der Waals surface area contributed by atoms with Gasteiger partial charge in [-0.05, 0) is 32.5 Å². The number of hydrogen-bond donors (Lipinski definition) is 1. The quantitative estimate of drug-likeness (QED) is 0.824. The van der Waals surface area contributed by atoms with Crippen LogP contribution < -0.4 is 5.73 Å². The summed E-state index contributed by atoms with van der Waals surface area (Å²) >= 11 is 0. The molecule has 0 aliphatic rings. The summed E-state index contributed by atoms with van der Waals surface area (Å²) in [6, 6.07) is 4.26. The van der Waals surface area contributed by atoms with Crippen LogP contribution in [0.15, 0.2) is 18.3 Å². The minimum atomic E-state index is 0.367. The Balaban J connectivity index is 2.63. The van der Waals surface area contributed by atoms with Crippen molar-refractivity contribution in [2.24, 2.45) is 5.73 Å². The largest absolute Gasteiger partial charge is 0.330 e. The van der Waals surface area contributed by atoms with Crippen molar-refractivity contribution in [3.63, 3.8) is 0 Å². The lowest BCUT2D eigenvalue weighted by Crippen LogP contribution is -2.11. The molecule has 0 aliphatic heterocycles. The molecule has 80 valence electrons. The number of aromatic nitrogens is 3. The van der Waals surface area contributed by atoms with Gasteiger partial charge in [-0.3, -0.25) is 0 Å². The van der Waals surface area contributed by atoms with Crippen LogP contribution in [0.3, 0.4) is 0 Å². The summed E-state index contributed by atoms with van der Waals surface area (Å²) < 4.78 is 2.15. The summed E-state index contributed by atoms with van der Waals surface area (Å²) in [5, 5.41) is 0. The summed E-state index contributed by atoms with van der Waals surface area (Å²) in [4.78, 5) is 8.91. The van der Waals surface area contributed by atoms with Gasteiger partial charge in [-0.25, -0.2) is 9.97 Å². The van der Waals surface area contributed by atoms with E-state index in [0.717, 1.165) is 23.4 Å². The molecule has 0 unspecified atom stereocenters. The minimum absolute atomic E-state index is 0.367. The number of nitrogens with zero attached hydrogens (tertiary/aromatic N) is 3. The van der Waals surface area contributed by atoms with E-state index in [1.165, 1.54) is 0 Å². The van der Waals surface area contributed by atoms with E-state index in [1.807, 2.05) is 12.1 Å². The van der Waals surface area contributed by atoms with Crippen molar-refractivity contribution in [3.8, 4) is 0 Å². The fourth-order valence-corrected chi connectivity index (χ4v) is 1.82. The van der Waals surface area contributed by atoms with Gasteiger partial charge in [0.2, 0.25) is 0 Å². The van der Waals surface area contributed by atoms with Crippen LogP contribution in [-0.2, 0) is 6.42 Å². The fourth-order valence-electron chi connectivity index (χ4n) is 1.82. The van der Waals surface area contributed by atoms with Crippen LogP contribution in [0.1, 0.15) is 25.7 Å². The normalized spacial score (nSPS) is 11.5. The Morgan fingerprint density at radius 1 is 1.47 bits per heavy atom. The molecule has 4 nitrogen and oxygen atoms in total. The van der Waals surface area contributed by atoms with Gasteiger partial charge in [-0.15, -0.1) is 0 Å². The summed E-state index contributed by atoms with van der Waals surface area (Å²) in [7, 11) is 0. The third kappa shape index (κ3) is 1.72. The SMILES string of the molecule is CC(C)n1c(CCN)nc2cccnc21. The Hall–Kier alpha value is -1.42. The lowest BCUT2D eigenvalue weighted by molar-refractivity contribution is 0.580. The zero-order valence-corrected chi connectivity index (χ0v) is 9.14. The molecule has 2 heterocycles. The van der Waals surface area contributed by atoms with Crippen molar-refractivity contribution in [2.75, 3.05) is 6.54 Å². The topological polar surface area (TPSA) is 56.7 Å². The molecule has 0 atom stereocenters. The Bertz CT molecular complexity index is 459. The first-order chi connectivity index (χ1) is 7.24. The second-order valence-corrected chi connectivity index (χ2v) is 3.88. The molecule has 0 fully saturated rings. The molecule has 2 aromatic rings. The molecule has 0 bridgehead atoms. The monoisotopic (exact) mass is 204 g/mol. The highest BCUT2D eigenvalue weighted by molar-refractivity contribution is 5.71. The van der Waals surface area contributed by atoms with Crippen LogP contribution in [0.25, 0.3) is 11.2 Å². The zero-order chi connectivity index (χ0) is 10.8. The first kappa shape index (κ1) is 10.1. The molecular formula is C11H16N4. The summed E-state index contributed by atoms with van der Waals surface area (Å²) in [5.74, 6) is 1.03. The number of imidazole rings is 1. The summed E-state index contributed by atoms with van der Waals surface area (Å²) in [6.07, 6.45) is 2.60. The molecule has 0 aliphatic carbocycles. The lowest BCUT2D eigenvalue weighted by atomic mass is 10.3. The van der Waals surface area contributed by atoms with Crippen molar-refractivity contribution < 1.29 is 0 Å². The van der Waals surface area contributed by atoms with Gasteiger partial charge in [0.15, 0.2) is 5.65 Å². The molecule has 2 rings (SSSR count). The molecule has 0 spiro atoms. The Morgan fingerprint density at radius 3 is 2.93 bits per heavy atom. The molecule has 0 amide bonds. The number of pyridine rings is 1. The fraction of sp³-hybridized carbons (Fsp3) is 0.455. The molecule has 0 radical (unpaired) electrons. The van der Waals surface area contributed by atoms with Crippen molar-refractivity contribution in [1.29, 1.82) is 0 Å². The Labute approximate surface area is 89.1 Å². The van der Waals surface area contributed by atoms with Crippen LogP contribution in [-0.4, -0.2) is 21.1 Å². The summed E-state index contributed by atoms with van der Waals surface area (Å²) in [6.45, 7) is 4.89. The maximum atomic E-state index is 5.58. The molecule has 2 N–H and O–H groups in total. The number of hydrogen-bond acceptors (Lipinski definition) is 3. The van der Waals surface area contributed by atoms with E-state index in [9.17, 15) is 0 Å². The van der Waals surface area contributed by atoms with Gasteiger partial charge >= 0.3 is 0 Å². The van der Waals surface area contributed by atoms with E-state index in [-0.39, 0.29) is 0 Å². The van der Waals surface area contributed by atoms with Crippen molar-refractivity contribution >= 4 is 11.2 Å². The van der Waals surface area contributed by atoms with Gasteiger partial charge in [-0.1, -0.05) is 0 Å². The minimum Gasteiger partial charge on any atom is -0.330 e. The van der Waals surface area contributed by atoms with Crippen LogP contribution in [0.2, 0.25) is 0 Å². The van der Waals surface area contributed by atoms with E-state index >= 15 is 0 Å². The average molecular weight is 204 g/mol. The van der Waals surface area contributed by atoms with E-state index in [4.69, 9.17) is 5.73 Å². The van der Waals surface area contributed by atoms with E-state index in [0.29, 0.717) is 12.6 Å². The molecule has 0 saturated carbocycles. The van der Waals surface area contributed by atoms with Gasteiger partial charge in [0, 0.05) is 18.7 Å². The Kier molecular flexibility index (Phi) is 2.68. The van der Waals surface area contributed by atoms with Crippen LogP contribution >= 0.6 is 0 Å². The molecule has 2 aromatic heterocycles. The van der Waals surface area contributed by atoms with Gasteiger partial charge in [-0.2, -0.15) is 0 Å². The predicted molar refractivity (Wildman–Crippen MR) is 60.7 cm³/mol.